The molecule has 3 aromatic carbocycles. The first-order valence-corrected chi connectivity index (χ1v) is 10.7. The van der Waals surface area contributed by atoms with Crippen molar-refractivity contribution in [3.63, 3.8) is 0 Å². The molecule has 1 aromatic heterocycles. The summed E-state index contributed by atoms with van der Waals surface area (Å²) in [7, 11) is 0. The quantitative estimate of drug-likeness (QED) is 0.420. The number of aryl methyl sites for hydroxylation is 2. The minimum Gasteiger partial charge on any atom is -0.463 e. The fraction of sp³-hybridized carbons (Fsp3) is 0.192. The van der Waals surface area contributed by atoms with Crippen LogP contribution in [0.25, 0.3) is 17.1 Å². The molecule has 32 heavy (non-hydrogen) atoms. The molecule has 0 unspecified atom stereocenters. The van der Waals surface area contributed by atoms with Gasteiger partial charge in [0.2, 0.25) is 5.91 Å². The monoisotopic (exact) mass is 426 g/mol. The molecular formula is C26H26N4O2. The van der Waals surface area contributed by atoms with E-state index in [0.29, 0.717) is 31.3 Å². The Morgan fingerprint density at radius 2 is 1.69 bits per heavy atom. The molecule has 0 fully saturated rings. The maximum Gasteiger partial charge on any atom is 0.336 e. The van der Waals surface area contributed by atoms with Gasteiger partial charge >= 0.3 is 6.01 Å². The lowest BCUT2D eigenvalue weighted by Gasteiger charge is -2.09. The number of hydrogen-bond donors (Lipinski definition) is 1. The molecule has 0 bridgehead atoms. The van der Waals surface area contributed by atoms with Gasteiger partial charge in [-0.05, 0) is 55.7 Å². The van der Waals surface area contributed by atoms with E-state index < -0.39 is 0 Å². The van der Waals surface area contributed by atoms with Gasteiger partial charge in [-0.25, -0.2) is 4.68 Å². The van der Waals surface area contributed by atoms with E-state index in [1.54, 1.807) is 4.68 Å². The first kappa shape index (κ1) is 21.3. The molecular weight excluding hydrogens is 400 g/mol. The Labute approximate surface area is 187 Å². The van der Waals surface area contributed by atoms with Gasteiger partial charge in [0.1, 0.15) is 0 Å². The Morgan fingerprint density at radius 3 is 2.41 bits per heavy atom. The van der Waals surface area contributed by atoms with Crippen molar-refractivity contribution in [2.45, 2.75) is 26.7 Å². The molecule has 0 aliphatic carbocycles. The highest BCUT2D eigenvalue weighted by atomic mass is 16.5. The van der Waals surface area contributed by atoms with Crippen molar-refractivity contribution in [2.24, 2.45) is 0 Å². The zero-order chi connectivity index (χ0) is 22.3. The summed E-state index contributed by atoms with van der Waals surface area (Å²) in [5.74, 6) is 0.702. The smallest absolute Gasteiger partial charge is 0.336 e. The maximum atomic E-state index is 12.3. The van der Waals surface area contributed by atoms with Crippen molar-refractivity contribution in [1.29, 1.82) is 0 Å². The van der Waals surface area contributed by atoms with Gasteiger partial charge < -0.3 is 10.1 Å². The first-order chi connectivity index (χ1) is 15.6. The van der Waals surface area contributed by atoms with Crippen LogP contribution in [0.2, 0.25) is 0 Å². The van der Waals surface area contributed by atoms with Crippen LogP contribution in [0.3, 0.4) is 0 Å². The molecule has 6 heteroatoms. The largest absolute Gasteiger partial charge is 0.463 e. The van der Waals surface area contributed by atoms with Crippen LogP contribution in [0.1, 0.15) is 24.5 Å². The lowest BCUT2D eigenvalue weighted by atomic mass is 10.1. The van der Waals surface area contributed by atoms with Gasteiger partial charge in [-0.15, -0.1) is 5.10 Å². The minimum absolute atomic E-state index is 0.0124. The Bertz CT molecular complexity index is 1180. The lowest BCUT2D eigenvalue weighted by Crippen LogP contribution is -2.12. The molecule has 0 radical (unpaired) electrons. The fourth-order valence-corrected chi connectivity index (χ4v) is 3.47. The molecule has 4 rings (SSSR count). The topological polar surface area (TPSA) is 69.0 Å². The summed E-state index contributed by atoms with van der Waals surface area (Å²) in [6.07, 6.45) is 1.15. The molecule has 6 nitrogen and oxygen atoms in total. The van der Waals surface area contributed by atoms with Crippen molar-refractivity contribution >= 4 is 11.6 Å². The number of hydrogen-bond acceptors (Lipinski definition) is 4. The van der Waals surface area contributed by atoms with Crippen LogP contribution in [0.4, 0.5) is 5.69 Å². The zero-order valence-corrected chi connectivity index (χ0v) is 18.3. The van der Waals surface area contributed by atoms with Crippen LogP contribution in [0.5, 0.6) is 6.01 Å². The zero-order valence-electron chi connectivity index (χ0n) is 18.3. The van der Waals surface area contributed by atoms with Gasteiger partial charge in [0.05, 0.1) is 12.3 Å². The van der Waals surface area contributed by atoms with Crippen molar-refractivity contribution in [2.75, 3.05) is 11.9 Å². The Kier molecular flexibility index (Phi) is 6.60. The van der Waals surface area contributed by atoms with Crippen LogP contribution in [0.15, 0.2) is 78.9 Å². The molecule has 0 saturated carbocycles. The molecule has 0 aliphatic rings. The van der Waals surface area contributed by atoms with Gasteiger partial charge in [-0.1, -0.05) is 54.6 Å². The minimum atomic E-state index is -0.0124. The van der Waals surface area contributed by atoms with Crippen molar-refractivity contribution in [1.82, 2.24) is 14.8 Å². The van der Waals surface area contributed by atoms with E-state index in [9.17, 15) is 4.79 Å². The normalized spacial score (nSPS) is 10.7. The lowest BCUT2D eigenvalue weighted by molar-refractivity contribution is -0.116. The van der Waals surface area contributed by atoms with Gasteiger partial charge in [-0.3, -0.25) is 4.79 Å². The third kappa shape index (κ3) is 5.03. The molecule has 0 aliphatic heterocycles. The molecule has 1 amide bonds. The SMILES string of the molecule is CCOc1nc(-c2ccccc2C)n(-c2ccc(NC(=O)CCc3ccccc3)cc2)n1. The average molecular weight is 427 g/mol. The number of rotatable bonds is 8. The summed E-state index contributed by atoms with van der Waals surface area (Å²) < 4.78 is 7.32. The highest BCUT2D eigenvalue weighted by Crippen LogP contribution is 2.26. The van der Waals surface area contributed by atoms with E-state index in [0.717, 1.165) is 28.1 Å². The summed E-state index contributed by atoms with van der Waals surface area (Å²) >= 11 is 0. The molecule has 0 spiro atoms. The van der Waals surface area contributed by atoms with Crippen LogP contribution in [-0.4, -0.2) is 27.3 Å². The molecule has 1 N–H and O–H groups in total. The van der Waals surface area contributed by atoms with Gasteiger partial charge in [0.25, 0.3) is 0 Å². The van der Waals surface area contributed by atoms with E-state index in [-0.39, 0.29) is 5.91 Å². The van der Waals surface area contributed by atoms with Crippen LogP contribution < -0.4 is 10.1 Å². The van der Waals surface area contributed by atoms with Crippen molar-refractivity contribution < 1.29 is 9.53 Å². The number of amides is 1. The molecule has 1 heterocycles. The van der Waals surface area contributed by atoms with E-state index in [4.69, 9.17) is 4.74 Å². The predicted octanol–water partition coefficient (Wildman–Crippen LogP) is 5.21. The van der Waals surface area contributed by atoms with E-state index >= 15 is 0 Å². The summed E-state index contributed by atoms with van der Waals surface area (Å²) in [6.45, 7) is 4.44. The molecule has 162 valence electrons. The van der Waals surface area contributed by atoms with E-state index in [1.165, 1.54) is 0 Å². The van der Waals surface area contributed by atoms with E-state index in [2.05, 4.69) is 15.4 Å². The number of aromatic nitrogens is 3. The van der Waals surface area contributed by atoms with Gasteiger partial charge in [0, 0.05) is 17.7 Å². The number of ether oxygens (including phenoxy) is 1. The highest BCUT2D eigenvalue weighted by Gasteiger charge is 2.16. The summed E-state index contributed by atoms with van der Waals surface area (Å²) in [4.78, 5) is 16.9. The number of benzene rings is 3. The molecule has 0 saturated heterocycles. The summed E-state index contributed by atoms with van der Waals surface area (Å²) in [5.41, 5.74) is 4.83. The number of nitrogens with zero attached hydrogens (tertiary/aromatic N) is 3. The third-order valence-electron chi connectivity index (χ3n) is 5.13. The third-order valence-corrected chi connectivity index (χ3v) is 5.13. The number of carbonyl (C=O) groups excluding carboxylic acids is 1. The fourth-order valence-electron chi connectivity index (χ4n) is 3.47. The second-order valence-electron chi connectivity index (χ2n) is 7.46. The standard InChI is InChI=1S/C26H26N4O2/c1-3-32-26-28-25(23-12-8-7-9-19(23)2)30(29-26)22-16-14-21(15-17-22)27-24(31)18-13-20-10-5-4-6-11-20/h4-12,14-17H,3,13,18H2,1-2H3,(H,27,31). The summed E-state index contributed by atoms with van der Waals surface area (Å²) in [6, 6.07) is 26.0. The van der Waals surface area contributed by atoms with Gasteiger partial charge in [-0.2, -0.15) is 4.98 Å². The van der Waals surface area contributed by atoms with E-state index in [1.807, 2.05) is 92.7 Å². The predicted molar refractivity (Wildman–Crippen MR) is 126 cm³/mol. The number of anilines is 1. The highest BCUT2D eigenvalue weighted by molar-refractivity contribution is 5.90. The Balaban J connectivity index is 1.51. The van der Waals surface area contributed by atoms with Crippen LogP contribution in [-0.2, 0) is 11.2 Å². The van der Waals surface area contributed by atoms with Crippen LogP contribution >= 0.6 is 0 Å². The van der Waals surface area contributed by atoms with Crippen molar-refractivity contribution in [3.8, 4) is 23.1 Å². The molecule has 4 aromatic rings. The number of carbonyl (C=O) groups is 1. The second kappa shape index (κ2) is 9.92. The van der Waals surface area contributed by atoms with Gasteiger partial charge in [0.15, 0.2) is 5.82 Å². The van der Waals surface area contributed by atoms with Crippen molar-refractivity contribution in [3.05, 3.63) is 90.0 Å². The Hall–Kier alpha value is -3.93. The second-order valence-corrected chi connectivity index (χ2v) is 7.46. The average Bonchev–Trinajstić information content (AvgIpc) is 3.23. The summed E-state index contributed by atoms with van der Waals surface area (Å²) in [5, 5.41) is 7.50. The van der Waals surface area contributed by atoms with Crippen LogP contribution in [0, 0.1) is 6.92 Å². The maximum absolute atomic E-state index is 12.3. The first-order valence-electron chi connectivity index (χ1n) is 10.7. The molecule has 0 atom stereocenters. The Morgan fingerprint density at radius 1 is 0.969 bits per heavy atom. The number of nitrogens with one attached hydrogen (secondary N) is 1.